The topological polar surface area (TPSA) is 42.7 Å². The Kier molecular flexibility index (Phi) is 3.17. The number of anilines is 1. The van der Waals surface area contributed by atoms with Crippen molar-refractivity contribution < 1.29 is 17.6 Å². The van der Waals surface area contributed by atoms with E-state index >= 15 is 0 Å². The lowest BCUT2D eigenvalue weighted by Gasteiger charge is -2.09. The first kappa shape index (κ1) is 12.3. The van der Waals surface area contributed by atoms with E-state index in [1.54, 1.807) is 17.8 Å². The van der Waals surface area contributed by atoms with Gasteiger partial charge in [0, 0.05) is 19.4 Å². The Hall–Kier alpha value is -2.12. The molecule has 0 atom stereocenters. The van der Waals surface area contributed by atoms with Crippen molar-refractivity contribution in [2.75, 3.05) is 5.32 Å². The van der Waals surface area contributed by atoms with Gasteiger partial charge in [0.2, 0.25) is 11.6 Å². The molecule has 0 saturated carbocycles. The van der Waals surface area contributed by atoms with Crippen LogP contribution in [-0.4, -0.2) is 14.5 Å². The molecule has 0 radical (unpaired) electrons. The molecule has 0 unspecified atom stereocenters. The van der Waals surface area contributed by atoms with Crippen LogP contribution in [0.3, 0.4) is 0 Å². The molecule has 0 fully saturated rings. The van der Waals surface area contributed by atoms with Crippen molar-refractivity contribution in [1.29, 1.82) is 0 Å². The molecule has 0 aliphatic heterocycles. The molecule has 0 aliphatic rings. The molecule has 1 N–H and O–H groups in total. The lowest BCUT2D eigenvalue weighted by molar-refractivity contribution is 0.410. The second kappa shape index (κ2) is 4.63. The highest BCUT2D eigenvalue weighted by molar-refractivity contribution is 5.45. The van der Waals surface area contributed by atoms with Crippen molar-refractivity contribution in [2.45, 2.75) is 6.54 Å². The number of nitrogens with one attached hydrogen (secondary N) is 1. The highest BCUT2D eigenvalue weighted by atomic mass is 19.2. The van der Waals surface area contributed by atoms with E-state index in [2.05, 4.69) is 15.3 Å². The van der Waals surface area contributed by atoms with Crippen molar-refractivity contribution in [3.8, 4) is 0 Å². The van der Waals surface area contributed by atoms with Crippen molar-refractivity contribution in [2.24, 2.45) is 7.05 Å². The van der Waals surface area contributed by atoms with Gasteiger partial charge in [-0.3, -0.25) is 0 Å². The average molecular weight is 260 g/mol. The largest absolute Gasteiger partial charge is 0.373 e. The molecule has 0 aliphatic carbocycles. The summed E-state index contributed by atoms with van der Waals surface area (Å²) < 4.78 is 53.7. The SMILES string of the molecule is Cn1ccnc1CNc1c(F)c(F)nc(F)c1F. The fraction of sp³-hybridized carbons (Fsp3) is 0.200. The van der Waals surface area contributed by atoms with E-state index in [1.807, 2.05) is 0 Å². The third-order valence-corrected chi connectivity index (χ3v) is 2.34. The Morgan fingerprint density at radius 1 is 1.17 bits per heavy atom. The molecular formula is C10H8F4N4. The van der Waals surface area contributed by atoms with Crippen LogP contribution < -0.4 is 5.32 Å². The zero-order chi connectivity index (χ0) is 13.3. The van der Waals surface area contributed by atoms with Crippen molar-refractivity contribution in [1.82, 2.24) is 14.5 Å². The van der Waals surface area contributed by atoms with Gasteiger partial charge < -0.3 is 9.88 Å². The Morgan fingerprint density at radius 2 is 1.78 bits per heavy atom. The monoisotopic (exact) mass is 260 g/mol. The van der Waals surface area contributed by atoms with Gasteiger partial charge in [-0.05, 0) is 0 Å². The summed E-state index contributed by atoms with van der Waals surface area (Å²) >= 11 is 0. The predicted octanol–water partition coefficient (Wildman–Crippen LogP) is 1.98. The van der Waals surface area contributed by atoms with Crippen LogP contribution in [0.1, 0.15) is 5.82 Å². The fourth-order valence-electron chi connectivity index (χ4n) is 1.38. The molecular weight excluding hydrogens is 252 g/mol. The van der Waals surface area contributed by atoms with Gasteiger partial charge >= 0.3 is 0 Å². The molecule has 4 nitrogen and oxygen atoms in total. The second-order valence-electron chi connectivity index (χ2n) is 3.50. The summed E-state index contributed by atoms with van der Waals surface area (Å²) in [4.78, 5) is 6.34. The Labute approximate surface area is 99.3 Å². The van der Waals surface area contributed by atoms with E-state index in [1.165, 1.54) is 6.20 Å². The van der Waals surface area contributed by atoms with Crippen LogP contribution in [0, 0.1) is 23.5 Å². The van der Waals surface area contributed by atoms with Crippen LogP contribution in [0.5, 0.6) is 0 Å². The molecule has 0 bridgehead atoms. The maximum Gasteiger partial charge on any atom is 0.253 e. The summed E-state index contributed by atoms with van der Waals surface area (Å²) in [5.41, 5.74) is -0.900. The molecule has 0 amide bonds. The van der Waals surface area contributed by atoms with Gasteiger partial charge in [0.25, 0.3) is 11.9 Å². The van der Waals surface area contributed by atoms with E-state index < -0.39 is 29.2 Å². The molecule has 0 aromatic carbocycles. The highest BCUT2D eigenvalue weighted by Crippen LogP contribution is 2.22. The van der Waals surface area contributed by atoms with E-state index in [9.17, 15) is 17.6 Å². The molecule has 0 saturated heterocycles. The number of aromatic nitrogens is 3. The minimum atomic E-state index is -1.70. The maximum atomic E-state index is 13.2. The normalized spacial score (nSPS) is 10.7. The highest BCUT2D eigenvalue weighted by Gasteiger charge is 2.20. The summed E-state index contributed by atoms with van der Waals surface area (Å²) in [6, 6.07) is 0. The van der Waals surface area contributed by atoms with Crippen molar-refractivity contribution >= 4 is 5.69 Å². The lowest BCUT2D eigenvalue weighted by Crippen LogP contribution is -2.11. The number of halogens is 4. The zero-order valence-electron chi connectivity index (χ0n) is 9.22. The van der Waals surface area contributed by atoms with E-state index in [4.69, 9.17) is 0 Å². The Bertz CT molecular complexity index is 555. The summed E-state index contributed by atoms with van der Waals surface area (Å²) in [6.45, 7) is -0.0831. The first-order valence-corrected chi connectivity index (χ1v) is 4.90. The first-order valence-electron chi connectivity index (χ1n) is 4.90. The molecule has 18 heavy (non-hydrogen) atoms. The molecule has 96 valence electrons. The van der Waals surface area contributed by atoms with Gasteiger partial charge in [-0.1, -0.05) is 0 Å². The van der Waals surface area contributed by atoms with Crippen LogP contribution in [-0.2, 0) is 13.6 Å². The predicted molar refractivity (Wildman–Crippen MR) is 54.6 cm³/mol. The maximum absolute atomic E-state index is 13.2. The van der Waals surface area contributed by atoms with Crippen molar-refractivity contribution in [3.05, 3.63) is 41.7 Å². The summed E-state index contributed by atoms with van der Waals surface area (Å²) in [6.07, 6.45) is 3.11. The van der Waals surface area contributed by atoms with E-state index in [-0.39, 0.29) is 6.54 Å². The van der Waals surface area contributed by atoms with E-state index in [0.717, 1.165) is 0 Å². The van der Waals surface area contributed by atoms with Gasteiger partial charge in [0.1, 0.15) is 11.5 Å². The van der Waals surface area contributed by atoms with Crippen LogP contribution in [0.2, 0.25) is 0 Å². The molecule has 2 aromatic rings. The number of hydrogen-bond donors (Lipinski definition) is 1. The molecule has 2 heterocycles. The fourth-order valence-corrected chi connectivity index (χ4v) is 1.38. The Morgan fingerprint density at radius 3 is 2.28 bits per heavy atom. The quantitative estimate of drug-likeness (QED) is 0.678. The number of hydrogen-bond acceptors (Lipinski definition) is 3. The minimum absolute atomic E-state index is 0.0831. The number of pyridine rings is 1. The van der Waals surface area contributed by atoms with Crippen LogP contribution in [0.15, 0.2) is 12.4 Å². The van der Waals surface area contributed by atoms with Crippen LogP contribution in [0.25, 0.3) is 0 Å². The summed E-state index contributed by atoms with van der Waals surface area (Å²) in [5.74, 6) is -6.08. The standard InChI is InChI=1S/C10H8F4N4/c1-18-3-2-15-5(18)4-16-8-6(11)9(13)17-10(14)7(8)12/h2-3H,4H2,1H3,(H,16,17). The average Bonchev–Trinajstić information content (AvgIpc) is 2.73. The van der Waals surface area contributed by atoms with Gasteiger partial charge in [0.05, 0.1) is 6.54 Å². The van der Waals surface area contributed by atoms with Gasteiger partial charge in [-0.2, -0.15) is 22.5 Å². The van der Waals surface area contributed by atoms with Crippen LogP contribution in [0.4, 0.5) is 23.2 Å². The van der Waals surface area contributed by atoms with Crippen molar-refractivity contribution in [3.63, 3.8) is 0 Å². The number of nitrogens with zero attached hydrogens (tertiary/aromatic N) is 3. The number of rotatable bonds is 3. The van der Waals surface area contributed by atoms with E-state index in [0.29, 0.717) is 5.82 Å². The lowest BCUT2D eigenvalue weighted by atomic mass is 10.3. The molecule has 0 spiro atoms. The third-order valence-electron chi connectivity index (χ3n) is 2.34. The van der Waals surface area contributed by atoms with Crippen LogP contribution >= 0.6 is 0 Å². The Balaban J connectivity index is 2.27. The second-order valence-corrected chi connectivity index (χ2v) is 3.50. The van der Waals surface area contributed by atoms with Gasteiger partial charge in [-0.25, -0.2) is 4.98 Å². The molecule has 8 heteroatoms. The summed E-state index contributed by atoms with van der Waals surface area (Å²) in [7, 11) is 1.67. The zero-order valence-corrected chi connectivity index (χ0v) is 9.22. The summed E-state index contributed by atoms with van der Waals surface area (Å²) in [5, 5.41) is 2.25. The first-order chi connectivity index (χ1) is 8.50. The molecule has 2 aromatic heterocycles. The minimum Gasteiger partial charge on any atom is -0.373 e. The van der Waals surface area contributed by atoms with Gasteiger partial charge in [0.15, 0.2) is 0 Å². The molecule has 2 rings (SSSR count). The third kappa shape index (κ3) is 2.13. The number of aryl methyl sites for hydroxylation is 1. The van der Waals surface area contributed by atoms with Gasteiger partial charge in [-0.15, -0.1) is 0 Å². The smallest absolute Gasteiger partial charge is 0.253 e. The number of imidazole rings is 1.